The smallest absolute Gasteiger partial charge is 0.407 e. The molecule has 1 aromatic heterocycles. The van der Waals surface area contributed by atoms with E-state index < -0.39 is 18.3 Å². The molecule has 29 heavy (non-hydrogen) atoms. The van der Waals surface area contributed by atoms with Gasteiger partial charge in [0.25, 0.3) is 0 Å². The van der Waals surface area contributed by atoms with Gasteiger partial charge in [0, 0.05) is 12.5 Å². The number of nitrogens with one attached hydrogen (secondary N) is 2. The summed E-state index contributed by atoms with van der Waals surface area (Å²) in [6, 6.07) is 16.3. The molecule has 0 fully saturated rings. The first-order chi connectivity index (χ1) is 14.1. The van der Waals surface area contributed by atoms with Crippen LogP contribution >= 0.6 is 0 Å². The fourth-order valence-corrected chi connectivity index (χ4v) is 3.67. The summed E-state index contributed by atoms with van der Waals surface area (Å²) in [5.74, 6) is 0.172. The minimum absolute atomic E-state index is 0.00739. The Hall–Kier alpha value is -3.23. The molecule has 2 unspecified atom stereocenters. The van der Waals surface area contributed by atoms with Crippen molar-refractivity contribution >= 4 is 6.09 Å². The molecule has 0 radical (unpaired) electrons. The van der Waals surface area contributed by atoms with Crippen LogP contribution in [-0.2, 0) is 4.74 Å². The highest BCUT2D eigenvalue weighted by Crippen LogP contribution is 2.44. The third-order valence-corrected chi connectivity index (χ3v) is 5.13. The van der Waals surface area contributed by atoms with Crippen LogP contribution in [0.25, 0.3) is 11.1 Å². The molecule has 1 amide bonds. The largest absolute Gasteiger partial charge is 0.449 e. The molecule has 0 aliphatic heterocycles. The zero-order valence-corrected chi connectivity index (χ0v) is 15.7. The lowest BCUT2D eigenvalue weighted by atomic mass is 9.98. The lowest BCUT2D eigenvalue weighted by molar-refractivity contribution is 0.00868. The second-order valence-electron chi connectivity index (χ2n) is 6.92. The number of H-pyrrole nitrogens is 1. The lowest BCUT2D eigenvalue weighted by Gasteiger charge is -2.17. The second-order valence-corrected chi connectivity index (χ2v) is 6.92. The molecule has 0 saturated heterocycles. The molecule has 8 heteroatoms. The molecule has 2 aromatic carbocycles. The number of carbonyl (C=O) groups is 1. The second kappa shape index (κ2) is 8.42. The predicted molar refractivity (Wildman–Crippen MR) is 105 cm³/mol. The maximum atomic E-state index is 12.1. The van der Waals surface area contributed by atoms with Gasteiger partial charge in [0.2, 0.25) is 0 Å². The fourth-order valence-electron chi connectivity index (χ4n) is 3.67. The number of carbonyl (C=O) groups excluding carboxylic acids is 1. The fraction of sp³-hybridized carbons (Fsp3) is 0.286. The SMILES string of the molecule is O=C(NCCC(O)C(O)c1ncn[nH]1)OCC1c2ccccc2-c2ccccc21. The summed E-state index contributed by atoms with van der Waals surface area (Å²) >= 11 is 0. The zero-order valence-electron chi connectivity index (χ0n) is 15.7. The van der Waals surface area contributed by atoms with Crippen LogP contribution in [0.4, 0.5) is 4.79 Å². The summed E-state index contributed by atoms with van der Waals surface area (Å²) in [6.07, 6.45) is -1.45. The van der Waals surface area contributed by atoms with Gasteiger partial charge in [-0.3, -0.25) is 5.10 Å². The molecule has 8 nitrogen and oxygen atoms in total. The first kappa shape index (κ1) is 19.1. The number of aromatic amines is 1. The summed E-state index contributed by atoms with van der Waals surface area (Å²) in [7, 11) is 0. The maximum absolute atomic E-state index is 12.1. The van der Waals surface area contributed by atoms with Gasteiger partial charge in [-0.25, -0.2) is 9.78 Å². The molecule has 3 aromatic rings. The van der Waals surface area contributed by atoms with Gasteiger partial charge in [-0.2, -0.15) is 5.10 Å². The van der Waals surface area contributed by atoms with Crippen molar-refractivity contribution in [1.82, 2.24) is 20.5 Å². The number of alkyl carbamates (subject to hydrolysis) is 1. The van der Waals surface area contributed by atoms with Gasteiger partial charge in [-0.1, -0.05) is 48.5 Å². The molecule has 2 atom stereocenters. The Morgan fingerprint density at radius 1 is 1.10 bits per heavy atom. The molecule has 1 heterocycles. The number of benzene rings is 2. The summed E-state index contributed by atoms with van der Waals surface area (Å²) in [5, 5.41) is 28.7. The predicted octanol–water partition coefficient (Wildman–Crippen LogP) is 2.13. The minimum Gasteiger partial charge on any atom is -0.449 e. The number of aliphatic hydroxyl groups is 2. The average molecular weight is 394 g/mol. The van der Waals surface area contributed by atoms with Gasteiger partial charge in [-0.15, -0.1) is 0 Å². The Kier molecular flexibility index (Phi) is 5.55. The van der Waals surface area contributed by atoms with E-state index in [0.29, 0.717) is 0 Å². The number of fused-ring (bicyclic) bond motifs is 3. The van der Waals surface area contributed by atoms with Crippen LogP contribution in [0.15, 0.2) is 54.9 Å². The number of amides is 1. The van der Waals surface area contributed by atoms with Crippen molar-refractivity contribution in [2.75, 3.05) is 13.2 Å². The first-order valence-electron chi connectivity index (χ1n) is 9.45. The normalized spacial score (nSPS) is 14.7. The van der Waals surface area contributed by atoms with E-state index in [1.54, 1.807) is 0 Å². The van der Waals surface area contributed by atoms with E-state index >= 15 is 0 Å². The number of hydrogen-bond acceptors (Lipinski definition) is 6. The molecule has 1 aliphatic rings. The van der Waals surface area contributed by atoms with Crippen molar-refractivity contribution in [3.63, 3.8) is 0 Å². The Balaban J connectivity index is 1.29. The van der Waals surface area contributed by atoms with Crippen LogP contribution in [-0.4, -0.2) is 50.7 Å². The topological polar surface area (TPSA) is 120 Å². The Morgan fingerprint density at radius 3 is 2.38 bits per heavy atom. The number of hydrogen-bond donors (Lipinski definition) is 4. The van der Waals surface area contributed by atoms with E-state index in [1.165, 1.54) is 17.5 Å². The van der Waals surface area contributed by atoms with Gasteiger partial charge in [-0.05, 0) is 28.7 Å². The van der Waals surface area contributed by atoms with E-state index in [-0.39, 0.29) is 31.3 Å². The number of ether oxygens (including phenoxy) is 1. The molecule has 150 valence electrons. The third-order valence-electron chi connectivity index (χ3n) is 5.13. The highest BCUT2D eigenvalue weighted by atomic mass is 16.5. The van der Waals surface area contributed by atoms with Gasteiger partial charge >= 0.3 is 6.09 Å². The molecular formula is C21H22N4O4. The van der Waals surface area contributed by atoms with Crippen LogP contribution in [0.2, 0.25) is 0 Å². The third kappa shape index (κ3) is 3.98. The van der Waals surface area contributed by atoms with Gasteiger partial charge < -0.3 is 20.3 Å². The van der Waals surface area contributed by atoms with Crippen molar-refractivity contribution < 1.29 is 19.7 Å². The number of aliphatic hydroxyl groups excluding tert-OH is 2. The van der Waals surface area contributed by atoms with Crippen molar-refractivity contribution in [2.24, 2.45) is 0 Å². The minimum atomic E-state index is -1.19. The van der Waals surface area contributed by atoms with Crippen molar-refractivity contribution in [1.29, 1.82) is 0 Å². The average Bonchev–Trinajstić information content (AvgIpc) is 3.38. The zero-order chi connectivity index (χ0) is 20.2. The van der Waals surface area contributed by atoms with Crippen LogP contribution in [0, 0.1) is 0 Å². The quantitative estimate of drug-likeness (QED) is 0.487. The molecule has 0 bridgehead atoms. The van der Waals surface area contributed by atoms with E-state index in [2.05, 4.69) is 44.8 Å². The van der Waals surface area contributed by atoms with E-state index in [0.717, 1.165) is 11.1 Å². The molecule has 0 saturated carbocycles. The van der Waals surface area contributed by atoms with Crippen LogP contribution in [0.1, 0.15) is 35.4 Å². The first-order valence-corrected chi connectivity index (χ1v) is 9.45. The van der Waals surface area contributed by atoms with Gasteiger partial charge in [0.1, 0.15) is 19.0 Å². The van der Waals surface area contributed by atoms with Crippen LogP contribution in [0.5, 0.6) is 0 Å². The Bertz CT molecular complexity index is 931. The summed E-state index contributed by atoms with van der Waals surface area (Å²) < 4.78 is 5.43. The Labute approximate surface area is 167 Å². The van der Waals surface area contributed by atoms with Gasteiger partial charge in [0.15, 0.2) is 5.82 Å². The van der Waals surface area contributed by atoms with Crippen molar-refractivity contribution in [3.05, 3.63) is 71.8 Å². The molecule has 4 N–H and O–H groups in total. The van der Waals surface area contributed by atoms with Gasteiger partial charge in [0.05, 0.1) is 6.10 Å². The molecule has 4 rings (SSSR count). The highest BCUT2D eigenvalue weighted by molar-refractivity contribution is 5.79. The van der Waals surface area contributed by atoms with Crippen molar-refractivity contribution in [2.45, 2.75) is 24.5 Å². The van der Waals surface area contributed by atoms with Crippen molar-refractivity contribution in [3.8, 4) is 11.1 Å². The summed E-state index contributed by atoms with van der Waals surface area (Å²) in [4.78, 5) is 15.9. The van der Waals surface area contributed by atoms with E-state index in [1.807, 2.05) is 24.3 Å². The number of nitrogens with zero attached hydrogens (tertiary/aromatic N) is 2. The standard InChI is InChI=1S/C21H22N4O4/c26-18(19(27)20-23-12-24-25-20)9-10-22-21(28)29-11-17-15-7-3-1-5-13(15)14-6-2-4-8-16(14)17/h1-8,12,17-19,26-27H,9-11H2,(H,22,28)(H,23,24,25). The number of rotatable bonds is 7. The summed E-state index contributed by atoms with van der Waals surface area (Å²) in [5.41, 5.74) is 4.63. The van der Waals surface area contributed by atoms with Crippen LogP contribution in [0.3, 0.4) is 0 Å². The number of aromatic nitrogens is 3. The molecule has 1 aliphatic carbocycles. The van der Waals surface area contributed by atoms with E-state index in [4.69, 9.17) is 4.74 Å². The highest BCUT2D eigenvalue weighted by Gasteiger charge is 2.29. The Morgan fingerprint density at radius 2 is 1.76 bits per heavy atom. The van der Waals surface area contributed by atoms with Crippen LogP contribution < -0.4 is 5.32 Å². The lowest BCUT2D eigenvalue weighted by Crippen LogP contribution is -2.31. The maximum Gasteiger partial charge on any atom is 0.407 e. The molecular weight excluding hydrogens is 372 g/mol. The summed E-state index contributed by atoms with van der Waals surface area (Å²) in [6.45, 7) is 0.381. The van der Waals surface area contributed by atoms with E-state index in [9.17, 15) is 15.0 Å². The monoisotopic (exact) mass is 394 g/mol. The molecule has 0 spiro atoms.